The lowest BCUT2D eigenvalue weighted by molar-refractivity contribution is -0.118. The van der Waals surface area contributed by atoms with Gasteiger partial charge in [0.15, 0.2) is 0 Å². The first-order valence-electron chi connectivity index (χ1n) is 9.52. The molecule has 2 aromatic carbocycles. The summed E-state index contributed by atoms with van der Waals surface area (Å²) in [6, 6.07) is 14.7. The van der Waals surface area contributed by atoms with E-state index in [1.807, 2.05) is 44.2 Å². The Morgan fingerprint density at radius 3 is 2.41 bits per heavy atom. The molecule has 2 rings (SSSR count). The van der Waals surface area contributed by atoms with Crippen molar-refractivity contribution < 1.29 is 4.79 Å². The SMILES string of the molecule is CC.CCCCC(=O)N(CCN)c1ccc(Cl)cc1C(=N)c1ccccc1. The Morgan fingerprint density at radius 2 is 1.81 bits per heavy atom. The fourth-order valence-electron chi connectivity index (χ4n) is 2.68. The van der Waals surface area contributed by atoms with Gasteiger partial charge in [-0.05, 0) is 24.6 Å². The summed E-state index contributed by atoms with van der Waals surface area (Å²) in [5.41, 5.74) is 8.16. The topological polar surface area (TPSA) is 70.2 Å². The zero-order valence-electron chi connectivity index (χ0n) is 16.5. The van der Waals surface area contributed by atoms with E-state index < -0.39 is 0 Å². The standard InChI is InChI=1S/C20H24ClN3O.C2H6/c1-2-3-9-19(25)24(13-12-22)18-11-10-16(21)14-17(18)20(23)15-7-5-4-6-8-15;1-2/h4-8,10-11,14,23H,2-3,9,12-13,22H2,1H3;1-2H3. The Balaban J connectivity index is 0.00000176. The number of nitrogens with two attached hydrogens (primary N) is 1. The first kappa shape index (κ1) is 22.9. The summed E-state index contributed by atoms with van der Waals surface area (Å²) in [5.74, 6) is 0.0248. The van der Waals surface area contributed by atoms with Crippen LogP contribution in [0.5, 0.6) is 0 Å². The Bertz CT molecular complexity index is 732. The summed E-state index contributed by atoms with van der Waals surface area (Å²) in [4.78, 5) is 14.3. The van der Waals surface area contributed by atoms with E-state index in [2.05, 4.69) is 6.92 Å². The minimum atomic E-state index is 0.0248. The van der Waals surface area contributed by atoms with Gasteiger partial charge in [-0.2, -0.15) is 0 Å². The van der Waals surface area contributed by atoms with Crippen molar-refractivity contribution >= 4 is 28.9 Å². The van der Waals surface area contributed by atoms with Gasteiger partial charge in [0.1, 0.15) is 0 Å². The number of hydrogen-bond donors (Lipinski definition) is 2. The van der Waals surface area contributed by atoms with Crippen molar-refractivity contribution in [3.63, 3.8) is 0 Å². The maximum atomic E-state index is 12.7. The second kappa shape index (κ2) is 12.3. The number of nitrogens with zero attached hydrogens (tertiary/aromatic N) is 1. The molecule has 2 aromatic rings. The number of carbonyl (C=O) groups is 1. The van der Waals surface area contributed by atoms with Gasteiger partial charge in [-0.1, -0.05) is 69.1 Å². The van der Waals surface area contributed by atoms with Crippen molar-refractivity contribution in [2.24, 2.45) is 5.73 Å². The molecule has 0 spiro atoms. The number of nitrogens with one attached hydrogen (secondary N) is 1. The predicted molar refractivity (Wildman–Crippen MR) is 116 cm³/mol. The highest BCUT2D eigenvalue weighted by molar-refractivity contribution is 6.31. The van der Waals surface area contributed by atoms with E-state index in [-0.39, 0.29) is 5.91 Å². The normalized spacial score (nSPS) is 9.96. The second-order valence-electron chi connectivity index (χ2n) is 5.84. The van der Waals surface area contributed by atoms with Gasteiger partial charge in [-0.25, -0.2) is 0 Å². The average Bonchev–Trinajstić information content (AvgIpc) is 2.72. The van der Waals surface area contributed by atoms with Crippen LogP contribution in [0.25, 0.3) is 0 Å². The van der Waals surface area contributed by atoms with Gasteiger partial charge in [0.25, 0.3) is 0 Å². The Morgan fingerprint density at radius 1 is 1.15 bits per heavy atom. The summed E-state index contributed by atoms with van der Waals surface area (Å²) in [6.45, 7) is 6.83. The van der Waals surface area contributed by atoms with Gasteiger partial charge >= 0.3 is 0 Å². The van der Waals surface area contributed by atoms with Gasteiger partial charge in [0, 0.05) is 35.7 Å². The summed E-state index contributed by atoms with van der Waals surface area (Å²) >= 11 is 6.17. The lowest BCUT2D eigenvalue weighted by atomic mass is 10.00. The maximum Gasteiger partial charge on any atom is 0.227 e. The van der Waals surface area contributed by atoms with Crippen LogP contribution < -0.4 is 10.6 Å². The zero-order chi connectivity index (χ0) is 20.2. The van der Waals surface area contributed by atoms with Crippen molar-refractivity contribution in [3.05, 3.63) is 64.7 Å². The Hall–Kier alpha value is -2.17. The summed E-state index contributed by atoms with van der Waals surface area (Å²) in [7, 11) is 0. The van der Waals surface area contributed by atoms with Crippen LogP contribution in [0, 0.1) is 5.41 Å². The molecule has 1 amide bonds. The number of rotatable bonds is 8. The molecule has 4 nitrogen and oxygen atoms in total. The van der Waals surface area contributed by atoms with Crippen LogP contribution in [0.3, 0.4) is 0 Å². The molecule has 27 heavy (non-hydrogen) atoms. The highest BCUT2D eigenvalue weighted by Gasteiger charge is 2.20. The molecule has 5 heteroatoms. The number of unbranched alkanes of at least 4 members (excludes halogenated alkanes) is 1. The second-order valence-corrected chi connectivity index (χ2v) is 6.28. The van der Waals surface area contributed by atoms with E-state index in [0.717, 1.165) is 18.4 Å². The third kappa shape index (κ3) is 6.49. The van der Waals surface area contributed by atoms with Crippen molar-refractivity contribution in [1.82, 2.24) is 0 Å². The van der Waals surface area contributed by atoms with Crippen molar-refractivity contribution in [2.45, 2.75) is 40.0 Å². The number of amides is 1. The molecule has 3 N–H and O–H groups in total. The monoisotopic (exact) mass is 387 g/mol. The number of hydrogen-bond acceptors (Lipinski definition) is 3. The number of carbonyl (C=O) groups excluding carboxylic acids is 1. The molecule has 0 aromatic heterocycles. The van der Waals surface area contributed by atoms with Crippen molar-refractivity contribution in [2.75, 3.05) is 18.0 Å². The lowest BCUT2D eigenvalue weighted by Gasteiger charge is -2.25. The van der Waals surface area contributed by atoms with Gasteiger partial charge in [0.2, 0.25) is 5.91 Å². The molecule has 146 valence electrons. The fourth-order valence-corrected chi connectivity index (χ4v) is 2.85. The largest absolute Gasteiger partial charge is 0.329 e. The van der Waals surface area contributed by atoms with Gasteiger partial charge < -0.3 is 10.6 Å². The first-order chi connectivity index (χ1) is 13.1. The van der Waals surface area contributed by atoms with Crippen LogP contribution in [0.1, 0.15) is 51.2 Å². The van der Waals surface area contributed by atoms with E-state index in [0.29, 0.717) is 41.5 Å². The Kier molecular flexibility index (Phi) is 10.4. The van der Waals surface area contributed by atoms with Crippen LogP contribution in [-0.4, -0.2) is 24.7 Å². The average molecular weight is 388 g/mol. The van der Waals surface area contributed by atoms with Crippen LogP contribution in [-0.2, 0) is 4.79 Å². The first-order valence-corrected chi connectivity index (χ1v) is 9.90. The Labute approximate surface area is 167 Å². The molecule has 0 heterocycles. The molecule has 0 saturated heterocycles. The molecule has 0 aliphatic rings. The summed E-state index contributed by atoms with van der Waals surface area (Å²) in [5, 5.41) is 9.12. The minimum absolute atomic E-state index is 0.0248. The van der Waals surface area contributed by atoms with E-state index in [1.54, 1.807) is 23.1 Å². The van der Waals surface area contributed by atoms with Gasteiger partial charge in [-0.3, -0.25) is 10.2 Å². The highest BCUT2D eigenvalue weighted by atomic mass is 35.5. The van der Waals surface area contributed by atoms with E-state index >= 15 is 0 Å². The molecular formula is C22H30ClN3O. The van der Waals surface area contributed by atoms with Gasteiger partial charge in [-0.15, -0.1) is 0 Å². The van der Waals surface area contributed by atoms with Crippen LogP contribution in [0.2, 0.25) is 5.02 Å². The van der Waals surface area contributed by atoms with Crippen LogP contribution >= 0.6 is 11.6 Å². The number of anilines is 1. The molecule has 0 fully saturated rings. The third-order valence-electron chi connectivity index (χ3n) is 3.98. The fraction of sp³-hybridized carbons (Fsp3) is 0.364. The maximum absolute atomic E-state index is 12.7. The molecule has 0 bridgehead atoms. The minimum Gasteiger partial charge on any atom is -0.329 e. The van der Waals surface area contributed by atoms with Crippen molar-refractivity contribution in [3.8, 4) is 0 Å². The van der Waals surface area contributed by atoms with E-state index in [1.165, 1.54) is 0 Å². The molecule has 0 radical (unpaired) electrons. The zero-order valence-corrected chi connectivity index (χ0v) is 17.2. The molecule has 0 unspecified atom stereocenters. The van der Waals surface area contributed by atoms with Crippen molar-refractivity contribution in [1.29, 1.82) is 5.41 Å². The third-order valence-corrected chi connectivity index (χ3v) is 4.21. The summed E-state index contributed by atoms with van der Waals surface area (Å²) < 4.78 is 0. The number of halogens is 1. The van der Waals surface area contributed by atoms with Crippen LogP contribution in [0.4, 0.5) is 5.69 Å². The van der Waals surface area contributed by atoms with Gasteiger partial charge in [0.05, 0.1) is 11.4 Å². The summed E-state index contributed by atoms with van der Waals surface area (Å²) in [6.07, 6.45) is 2.26. The molecule has 0 atom stereocenters. The predicted octanol–water partition coefficient (Wildman–Crippen LogP) is 5.26. The molecule has 0 aliphatic carbocycles. The molecular weight excluding hydrogens is 358 g/mol. The molecule has 0 saturated carbocycles. The lowest BCUT2D eigenvalue weighted by Crippen LogP contribution is -2.36. The van der Waals surface area contributed by atoms with E-state index in [9.17, 15) is 4.79 Å². The highest BCUT2D eigenvalue weighted by Crippen LogP contribution is 2.27. The quantitative estimate of drug-likeness (QED) is 0.606. The van der Waals surface area contributed by atoms with Crippen LogP contribution in [0.15, 0.2) is 48.5 Å². The smallest absolute Gasteiger partial charge is 0.227 e. The molecule has 0 aliphatic heterocycles. The van der Waals surface area contributed by atoms with E-state index in [4.69, 9.17) is 22.7 Å². The number of benzene rings is 2.